The van der Waals surface area contributed by atoms with Gasteiger partial charge in [-0.2, -0.15) is 0 Å². The molecule has 4 rings (SSSR count). The minimum absolute atomic E-state index is 0.00712. The lowest BCUT2D eigenvalue weighted by Gasteiger charge is -2.34. The summed E-state index contributed by atoms with van der Waals surface area (Å²) in [6.07, 6.45) is 0.140. The molecule has 1 atom stereocenters. The van der Waals surface area contributed by atoms with Crippen molar-refractivity contribution in [3.63, 3.8) is 0 Å². The van der Waals surface area contributed by atoms with Gasteiger partial charge >= 0.3 is 0 Å². The number of hydrogen-bond donors (Lipinski definition) is 1. The van der Waals surface area contributed by atoms with Crippen LogP contribution in [0.15, 0.2) is 95.9 Å². The van der Waals surface area contributed by atoms with E-state index in [0.29, 0.717) is 22.2 Å². The molecule has 0 fully saturated rings. The van der Waals surface area contributed by atoms with Gasteiger partial charge in [0.15, 0.2) is 0 Å². The van der Waals surface area contributed by atoms with E-state index in [9.17, 15) is 18.0 Å². The quantitative estimate of drug-likeness (QED) is 0.150. The van der Waals surface area contributed by atoms with Crippen molar-refractivity contribution in [1.82, 2.24) is 10.2 Å². The largest absolute Gasteiger partial charge is 0.354 e. The lowest BCUT2D eigenvalue weighted by molar-refractivity contribution is -0.140. The third kappa shape index (κ3) is 9.21. The van der Waals surface area contributed by atoms with E-state index in [0.717, 1.165) is 15.4 Å². The van der Waals surface area contributed by atoms with E-state index in [1.54, 1.807) is 36.4 Å². The van der Waals surface area contributed by atoms with E-state index in [-0.39, 0.29) is 39.5 Å². The van der Waals surface area contributed by atoms with Crippen LogP contribution in [0.2, 0.25) is 20.1 Å². The van der Waals surface area contributed by atoms with E-state index in [2.05, 4.69) is 5.32 Å². The average Bonchev–Trinajstić information content (AvgIpc) is 3.03. The molecule has 1 unspecified atom stereocenters. The number of aryl methyl sites for hydroxylation is 1. The van der Waals surface area contributed by atoms with Crippen molar-refractivity contribution in [2.45, 2.75) is 44.7 Å². The Hall–Kier alpha value is -3.27. The van der Waals surface area contributed by atoms with Gasteiger partial charge in [-0.1, -0.05) is 120 Å². The maximum Gasteiger partial charge on any atom is 0.264 e. The Morgan fingerprint density at radius 1 is 0.787 bits per heavy atom. The number of rotatable bonds is 13. The maximum atomic E-state index is 14.6. The third-order valence-electron chi connectivity index (χ3n) is 7.43. The second kappa shape index (κ2) is 16.2. The highest BCUT2D eigenvalue weighted by Gasteiger charge is 2.36. The fourth-order valence-corrected chi connectivity index (χ4v) is 7.26. The van der Waals surface area contributed by atoms with Crippen LogP contribution in [0.4, 0.5) is 5.69 Å². The molecule has 2 amide bonds. The summed E-state index contributed by atoms with van der Waals surface area (Å²) >= 11 is 26.0. The van der Waals surface area contributed by atoms with Crippen LogP contribution in [0, 0.1) is 12.8 Å². The van der Waals surface area contributed by atoms with Gasteiger partial charge in [0, 0.05) is 35.1 Å². The first-order valence-corrected chi connectivity index (χ1v) is 17.8. The molecule has 0 radical (unpaired) electrons. The van der Waals surface area contributed by atoms with Crippen LogP contribution in [0.5, 0.6) is 0 Å². The Morgan fingerprint density at radius 2 is 1.38 bits per heavy atom. The van der Waals surface area contributed by atoms with Crippen LogP contribution >= 0.6 is 46.4 Å². The molecule has 4 aromatic carbocycles. The predicted octanol–water partition coefficient (Wildman–Crippen LogP) is 8.22. The molecule has 0 heterocycles. The van der Waals surface area contributed by atoms with Gasteiger partial charge in [-0.3, -0.25) is 13.9 Å². The van der Waals surface area contributed by atoms with E-state index in [1.165, 1.54) is 29.2 Å². The van der Waals surface area contributed by atoms with Crippen molar-refractivity contribution in [3.8, 4) is 0 Å². The van der Waals surface area contributed by atoms with E-state index in [4.69, 9.17) is 46.4 Å². The number of carbonyl (C=O) groups excluding carboxylic acids is 2. The molecule has 0 bridgehead atoms. The fraction of sp³-hybridized carbons (Fsp3) is 0.257. The van der Waals surface area contributed by atoms with Gasteiger partial charge in [-0.15, -0.1) is 0 Å². The molecule has 0 aliphatic heterocycles. The standard InChI is InChI=1S/C35H35Cl4N3O4S/c1-23(2)20-40-35(44)32(19-25-9-5-4-6-10-25)41(21-27-28(36)11-7-12-29(27)37)33(43)22-42(31-14-8-13-30(38)34(31)39)47(45,46)26-17-15-24(3)16-18-26/h4-18,23,32H,19-22H2,1-3H3,(H,40,44). The van der Waals surface area contributed by atoms with Crippen molar-refractivity contribution in [2.75, 3.05) is 17.4 Å². The van der Waals surface area contributed by atoms with Gasteiger partial charge in [-0.25, -0.2) is 8.42 Å². The van der Waals surface area contributed by atoms with Gasteiger partial charge in [0.05, 0.1) is 20.6 Å². The van der Waals surface area contributed by atoms with Gasteiger partial charge in [0.25, 0.3) is 10.0 Å². The summed E-state index contributed by atoms with van der Waals surface area (Å²) in [7, 11) is -4.36. The van der Waals surface area contributed by atoms with Gasteiger partial charge in [0.1, 0.15) is 12.6 Å². The summed E-state index contributed by atoms with van der Waals surface area (Å²) in [4.78, 5) is 29.8. The summed E-state index contributed by atoms with van der Waals surface area (Å²) in [6, 6.07) is 23.9. The molecular formula is C35H35Cl4N3O4S. The van der Waals surface area contributed by atoms with Crippen LogP contribution in [0.25, 0.3) is 0 Å². The smallest absolute Gasteiger partial charge is 0.264 e. The highest BCUT2D eigenvalue weighted by atomic mass is 35.5. The van der Waals surface area contributed by atoms with Crippen LogP contribution < -0.4 is 9.62 Å². The number of carbonyl (C=O) groups is 2. The number of halogens is 4. The average molecular weight is 736 g/mol. The topological polar surface area (TPSA) is 86.8 Å². The van der Waals surface area contributed by atoms with E-state index < -0.39 is 34.4 Å². The molecular weight excluding hydrogens is 700 g/mol. The molecule has 1 N–H and O–H groups in total. The molecule has 12 heteroatoms. The summed E-state index contributed by atoms with van der Waals surface area (Å²) in [6.45, 7) is 5.24. The lowest BCUT2D eigenvalue weighted by Crippen LogP contribution is -2.53. The summed E-state index contributed by atoms with van der Waals surface area (Å²) in [5.41, 5.74) is 2.06. The van der Waals surface area contributed by atoms with Gasteiger partial charge < -0.3 is 10.2 Å². The van der Waals surface area contributed by atoms with Crippen LogP contribution in [-0.2, 0) is 32.6 Å². The number of anilines is 1. The zero-order valence-corrected chi connectivity index (χ0v) is 29.9. The highest BCUT2D eigenvalue weighted by Crippen LogP contribution is 2.36. The number of hydrogen-bond acceptors (Lipinski definition) is 4. The number of amides is 2. The van der Waals surface area contributed by atoms with Crippen LogP contribution in [0.3, 0.4) is 0 Å². The first-order chi connectivity index (χ1) is 22.3. The zero-order chi connectivity index (χ0) is 34.3. The summed E-state index contributed by atoms with van der Waals surface area (Å²) in [5, 5.41) is 3.59. The second-order valence-corrected chi connectivity index (χ2v) is 14.9. The number of nitrogens with one attached hydrogen (secondary N) is 1. The molecule has 47 heavy (non-hydrogen) atoms. The Labute approximate surface area is 296 Å². The SMILES string of the molecule is Cc1ccc(S(=O)(=O)N(CC(=O)N(Cc2c(Cl)cccc2Cl)C(Cc2ccccc2)C(=O)NCC(C)C)c2cccc(Cl)c2Cl)cc1. The van der Waals surface area contributed by atoms with Crippen molar-refractivity contribution < 1.29 is 18.0 Å². The third-order valence-corrected chi connectivity index (χ3v) is 10.7. The molecule has 0 spiro atoms. The van der Waals surface area contributed by atoms with Gasteiger partial charge in [0.2, 0.25) is 11.8 Å². The van der Waals surface area contributed by atoms with Gasteiger partial charge in [-0.05, 0) is 54.8 Å². The number of nitrogens with zero attached hydrogens (tertiary/aromatic N) is 2. The number of benzene rings is 4. The number of sulfonamides is 1. The molecule has 4 aromatic rings. The highest BCUT2D eigenvalue weighted by molar-refractivity contribution is 7.92. The molecule has 0 aliphatic rings. The van der Waals surface area contributed by atoms with Crippen molar-refractivity contribution in [2.24, 2.45) is 5.92 Å². The zero-order valence-electron chi connectivity index (χ0n) is 26.1. The van der Waals surface area contributed by atoms with Crippen LogP contribution in [-0.4, -0.2) is 44.3 Å². The monoisotopic (exact) mass is 733 g/mol. The molecule has 0 aliphatic carbocycles. The van der Waals surface area contributed by atoms with E-state index >= 15 is 0 Å². The molecule has 0 saturated heterocycles. The summed E-state index contributed by atoms with van der Waals surface area (Å²) in [5.74, 6) is -0.959. The maximum absolute atomic E-state index is 14.6. The molecule has 0 saturated carbocycles. The molecule has 7 nitrogen and oxygen atoms in total. The van der Waals surface area contributed by atoms with E-state index in [1.807, 2.05) is 51.1 Å². The normalized spacial score (nSPS) is 12.1. The predicted molar refractivity (Wildman–Crippen MR) is 191 cm³/mol. The summed E-state index contributed by atoms with van der Waals surface area (Å²) < 4.78 is 29.4. The Bertz CT molecular complexity index is 1800. The molecule has 248 valence electrons. The molecule has 0 aromatic heterocycles. The Morgan fingerprint density at radius 3 is 2.00 bits per heavy atom. The fourth-order valence-electron chi connectivity index (χ4n) is 4.87. The minimum atomic E-state index is -4.36. The minimum Gasteiger partial charge on any atom is -0.354 e. The second-order valence-electron chi connectivity index (χ2n) is 11.5. The van der Waals surface area contributed by atoms with Crippen molar-refractivity contribution in [1.29, 1.82) is 0 Å². The Kier molecular flexibility index (Phi) is 12.6. The lowest BCUT2D eigenvalue weighted by atomic mass is 10.0. The van der Waals surface area contributed by atoms with Crippen molar-refractivity contribution >= 4 is 73.9 Å². The first-order valence-electron chi connectivity index (χ1n) is 14.9. The Balaban J connectivity index is 1.86. The first kappa shape index (κ1) is 36.6. The van der Waals surface area contributed by atoms with Crippen LogP contribution in [0.1, 0.15) is 30.5 Å². The van der Waals surface area contributed by atoms with Crippen molar-refractivity contribution in [3.05, 3.63) is 128 Å².